The van der Waals surface area contributed by atoms with E-state index >= 15 is 0 Å². The molecule has 1 aliphatic heterocycles. The number of aliphatic imine (C=N–C) groups is 1. The first kappa shape index (κ1) is 26.3. The quantitative estimate of drug-likeness (QED) is 0.419. The van der Waals surface area contributed by atoms with Gasteiger partial charge in [0.15, 0.2) is 0 Å². The van der Waals surface area contributed by atoms with E-state index in [-0.39, 0.29) is 25.0 Å². The third-order valence-corrected chi connectivity index (χ3v) is 6.28. The molecule has 1 aliphatic carbocycles. The number of carbonyl (C=O) groups excluding carboxylic acids is 3. The molecule has 10 heteroatoms. The van der Waals surface area contributed by atoms with Gasteiger partial charge >= 0.3 is 12.1 Å². The zero-order valence-corrected chi connectivity index (χ0v) is 20.9. The van der Waals surface area contributed by atoms with Crippen molar-refractivity contribution in [2.24, 2.45) is 4.99 Å². The van der Waals surface area contributed by atoms with Gasteiger partial charge in [0.05, 0.1) is 26.0 Å². The number of nitrogens with one attached hydrogen (secondary N) is 1. The monoisotopic (exact) mass is 488 g/mol. The first-order chi connectivity index (χ1) is 16.9. The zero-order valence-electron chi connectivity index (χ0n) is 20.9. The second-order valence-electron chi connectivity index (χ2n) is 8.75. The summed E-state index contributed by atoms with van der Waals surface area (Å²) in [6.45, 7) is 2.68. The van der Waals surface area contributed by atoms with Crippen LogP contribution in [0.4, 0.5) is 10.5 Å². The number of ether oxygens (including phenoxy) is 3. The van der Waals surface area contributed by atoms with Crippen molar-refractivity contribution < 1.29 is 28.6 Å². The molecule has 0 saturated heterocycles. The minimum atomic E-state index is -0.676. The molecule has 192 valence electrons. The molecule has 0 radical (unpaired) electrons. The van der Waals surface area contributed by atoms with Gasteiger partial charge in [-0.3, -0.25) is 14.9 Å². The second kappa shape index (κ2) is 13.0. The summed E-state index contributed by atoms with van der Waals surface area (Å²) in [7, 11) is 3.17. The van der Waals surface area contributed by atoms with Gasteiger partial charge in [-0.05, 0) is 44.4 Å². The number of benzene rings is 1. The van der Waals surface area contributed by atoms with Crippen LogP contribution in [0, 0.1) is 0 Å². The van der Waals surface area contributed by atoms with Crippen LogP contribution in [0.3, 0.4) is 0 Å². The Morgan fingerprint density at radius 3 is 2.69 bits per heavy atom. The third kappa shape index (κ3) is 7.60. The van der Waals surface area contributed by atoms with Crippen LogP contribution in [0.15, 0.2) is 23.2 Å². The van der Waals surface area contributed by atoms with Crippen LogP contribution in [0.25, 0.3) is 0 Å². The first-order valence-corrected chi connectivity index (χ1v) is 12.3. The predicted octanol–water partition coefficient (Wildman–Crippen LogP) is 3.36. The Balaban J connectivity index is 1.56. The van der Waals surface area contributed by atoms with E-state index in [1.807, 2.05) is 18.0 Å². The van der Waals surface area contributed by atoms with Gasteiger partial charge in [0, 0.05) is 31.6 Å². The SMILES string of the molecule is CCOC(=O)CN1Cc2cc(OCCCC(=O)N(C)C3CCCCC3)ccc2N=C1NC(=O)OC. The van der Waals surface area contributed by atoms with E-state index in [0.29, 0.717) is 43.5 Å². The fraction of sp³-hybridized carbons (Fsp3) is 0.600. The minimum Gasteiger partial charge on any atom is -0.494 e. The highest BCUT2D eigenvalue weighted by Gasteiger charge is 2.25. The molecule has 0 aromatic heterocycles. The number of hydrogen-bond donors (Lipinski definition) is 1. The largest absolute Gasteiger partial charge is 0.494 e. The Morgan fingerprint density at radius 2 is 1.97 bits per heavy atom. The van der Waals surface area contributed by atoms with Gasteiger partial charge < -0.3 is 24.0 Å². The fourth-order valence-electron chi connectivity index (χ4n) is 4.36. The topological polar surface area (TPSA) is 110 Å². The molecule has 1 heterocycles. The van der Waals surface area contributed by atoms with Crippen LogP contribution in [0.1, 0.15) is 57.4 Å². The predicted molar refractivity (Wildman–Crippen MR) is 130 cm³/mol. The minimum absolute atomic E-state index is 0.0716. The van der Waals surface area contributed by atoms with Crippen LogP contribution in [-0.2, 0) is 25.6 Å². The van der Waals surface area contributed by atoms with E-state index in [4.69, 9.17) is 9.47 Å². The molecule has 10 nitrogen and oxygen atoms in total. The van der Waals surface area contributed by atoms with Crippen LogP contribution in [0.5, 0.6) is 5.75 Å². The lowest BCUT2D eigenvalue weighted by Gasteiger charge is -2.31. The normalized spacial score (nSPS) is 15.5. The first-order valence-electron chi connectivity index (χ1n) is 12.3. The van der Waals surface area contributed by atoms with Crippen LogP contribution in [0.2, 0.25) is 0 Å². The molecule has 1 N–H and O–H groups in total. The van der Waals surface area contributed by atoms with E-state index in [1.54, 1.807) is 24.0 Å². The van der Waals surface area contributed by atoms with Crippen molar-refractivity contribution >= 4 is 29.6 Å². The van der Waals surface area contributed by atoms with Crippen molar-refractivity contribution in [3.05, 3.63) is 23.8 Å². The Hall–Kier alpha value is -3.30. The molecule has 1 aromatic carbocycles. The lowest BCUT2D eigenvalue weighted by Crippen LogP contribution is -2.47. The van der Waals surface area contributed by atoms with E-state index in [9.17, 15) is 14.4 Å². The summed E-state index contributed by atoms with van der Waals surface area (Å²) in [4.78, 5) is 44.3. The maximum atomic E-state index is 12.5. The molecule has 2 amide bonds. The Labute approximate surface area is 206 Å². The summed E-state index contributed by atoms with van der Waals surface area (Å²) in [5, 5.41) is 2.55. The maximum Gasteiger partial charge on any atom is 0.413 e. The van der Waals surface area contributed by atoms with Gasteiger partial charge in [-0.2, -0.15) is 0 Å². The summed E-state index contributed by atoms with van der Waals surface area (Å²) < 4.78 is 15.6. The summed E-state index contributed by atoms with van der Waals surface area (Å²) in [6.07, 6.45) is 6.27. The summed E-state index contributed by atoms with van der Waals surface area (Å²) in [5.74, 6) is 0.616. The maximum absolute atomic E-state index is 12.5. The Kier molecular flexibility index (Phi) is 9.75. The van der Waals surface area contributed by atoms with E-state index < -0.39 is 12.1 Å². The number of rotatable bonds is 9. The van der Waals surface area contributed by atoms with Crippen LogP contribution < -0.4 is 10.1 Å². The number of guanidine groups is 1. The molecule has 1 fully saturated rings. The van der Waals surface area contributed by atoms with Gasteiger partial charge in [0.25, 0.3) is 0 Å². The average Bonchev–Trinajstić information content (AvgIpc) is 2.86. The fourth-order valence-corrected chi connectivity index (χ4v) is 4.36. The smallest absolute Gasteiger partial charge is 0.413 e. The second-order valence-corrected chi connectivity index (χ2v) is 8.75. The number of fused-ring (bicyclic) bond motifs is 1. The van der Waals surface area contributed by atoms with Gasteiger partial charge in [-0.15, -0.1) is 0 Å². The number of nitrogens with zero attached hydrogens (tertiary/aromatic N) is 3. The molecular weight excluding hydrogens is 452 g/mol. The van der Waals surface area contributed by atoms with Crippen molar-refractivity contribution in [2.75, 3.05) is 33.9 Å². The molecular formula is C25H36N4O6. The summed E-state index contributed by atoms with van der Waals surface area (Å²) in [6, 6.07) is 5.83. The molecule has 1 saturated carbocycles. The van der Waals surface area contributed by atoms with Crippen LogP contribution >= 0.6 is 0 Å². The van der Waals surface area contributed by atoms with Crippen LogP contribution in [-0.4, -0.2) is 73.7 Å². The number of carbonyl (C=O) groups is 3. The van der Waals surface area contributed by atoms with Gasteiger partial charge in [0.2, 0.25) is 11.9 Å². The Bertz CT molecular complexity index is 929. The van der Waals surface area contributed by atoms with E-state index in [1.165, 1.54) is 26.4 Å². The lowest BCUT2D eigenvalue weighted by atomic mass is 9.94. The highest BCUT2D eigenvalue weighted by molar-refractivity contribution is 5.97. The Morgan fingerprint density at radius 1 is 1.20 bits per heavy atom. The number of alkyl carbamates (subject to hydrolysis) is 1. The van der Waals surface area contributed by atoms with Crippen molar-refractivity contribution in [2.45, 2.75) is 64.5 Å². The molecule has 0 spiro atoms. The average molecular weight is 489 g/mol. The number of hydrogen-bond acceptors (Lipinski definition) is 8. The number of amides is 2. The lowest BCUT2D eigenvalue weighted by molar-refractivity contribution is -0.143. The van der Waals surface area contributed by atoms with Gasteiger partial charge in [0.1, 0.15) is 12.3 Å². The molecule has 35 heavy (non-hydrogen) atoms. The van der Waals surface area contributed by atoms with Crippen molar-refractivity contribution in [1.82, 2.24) is 15.1 Å². The van der Waals surface area contributed by atoms with Crippen molar-refractivity contribution in [3.63, 3.8) is 0 Å². The summed E-state index contributed by atoms with van der Waals surface area (Å²) in [5.41, 5.74) is 1.50. The molecule has 0 unspecified atom stereocenters. The van der Waals surface area contributed by atoms with Crippen molar-refractivity contribution in [1.29, 1.82) is 0 Å². The molecule has 0 bridgehead atoms. The van der Waals surface area contributed by atoms with E-state index in [2.05, 4.69) is 15.0 Å². The standard InChI is InChI=1S/C25H36N4O6/c1-4-34-23(31)17-29-16-18-15-20(12-13-21(18)26-24(29)27-25(32)33-3)35-14-8-11-22(30)28(2)19-9-6-5-7-10-19/h12-13,15,19H,4-11,14,16-17H2,1-3H3,(H,26,27,32). The number of esters is 1. The third-order valence-electron chi connectivity index (χ3n) is 6.28. The molecule has 1 aromatic rings. The molecule has 0 atom stereocenters. The highest BCUT2D eigenvalue weighted by atomic mass is 16.5. The highest BCUT2D eigenvalue weighted by Crippen LogP contribution is 2.30. The summed E-state index contributed by atoms with van der Waals surface area (Å²) >= 11 is 0. The number of methoxy groups -OCH3 is 1. The van der Waals surface area contributed by atoms with Gasteiger partial charge in [-0.25, -0.2) is 9.79 Å². The molecule has 2 aliphatic rings. The van der Waals surface area contributed by atoms with Gasteiger partial charge in [-0.1, -0.05) is 19.3 Å². The van der Waals surface area contributed by atoms with E-state index in [0.717, 1.165) is 18.4 Å². The zero-order chi connectivity index (χ0) is 25.2. The van der Waals surface area contributed by atoms with Crippen molar-refractivity contribution in [3.8, 4) is 5.75 Å². The molecule has 3 rings (SSSR count).